The number of anilines is 1. The zero-order valence-electron chi connectivity index (χ0n) is 12.7. The lowest BCUT2D eigenvalue weighted by Crippen LogP contribution is -2.37. The highest BCUT2D eigenvalue weighted by molar-refractivity contribution is 6.08. The first-order valence-corrected chi connectivity index (χ1v) is 8.05. The standard InChI is InChI=1S/C18H21N3O/c19-12-15(13-20-16-8-2-3-9-16)18(22)21-11-5-7-14-6-1-4-10-17(14)21/h1,4,6,10,13,16,20H,2-3,5,7-9,11H2/b15-13-. The van der Waals surface area contributed by atoms with Crippen molar-refractivity contribution in [1.82, 2.24) is 5.32 Å². The molecule has 1 heterocycles. The fourth-order valence-electron chi connectivity index (χ4n) is 3.33. The average Bonchev–Trinajstić information content (AvgIpc) is 3.08. The number of para-hydroxylation sites is 1. The Kier molecular flexibility index (Phi) is 4.43. The quantitative estimate of drug-likeness (QED) is 0.689. The molecule has 4 heteroatoms. The maximum absolute atomic E-state index is 12.7. The van der Waals surface area contributed by atoms with Crippen molar-refractivity contribution in [3.8, 4) is 6.07 Å². The van der Waals surface area contributed by atoms with Crippen LogP contribution in [0.15, 0.2) is 36.0 Å². The van der Waals surface area contributed by atoms with Gasteiger partial charge in [0.15, 0.2) is 0 Å². The molecule has 1 aromatic carbocycles. The van der Waals surface area contributed by atoms with Gasteiger partial charge in [-0.25, -0.2) is 0 Å². The highest BCUT2D eigenvalue weighted by atomic mass is 16.2. The minimum absolute atomic E-state index is 0.194. The molecule has 0 radical (unpaired) electrons. The van der Waals surface area contributed by atoms with Crippen molar-refractivity contribution in [1.29, 1.82) is 5.26 Å². The van der Waals surface area contributed by atoms with Crippen LogP contribution in [0.25, 0.3) is 0 Å². The largest absolute Gasteiger partial charge is 0.387 e. The summed E-state index contributed by atoms with van der Waals surface area (Å²) in [5.74, 6) is -0.194. The first kappa shape index (κ1) is 14.6. The number of aryl methyl sites for hydroxylation is 1. The summed E-state index contributed by atoms with van der Waals surface area (Å²) in [5.41, 5.74) is 2.33. The van der Waals surface area contributed by atoms with Gasteiger partial charge in [0.1, 0.15) is 11.6 Å². The van der Waals surface area contributed by atoms with E-state index >= 15 is 0 Å². The number of nitriles is 1. The summed E-state index contributed by atoms with van der Waals surface area (Å²) in [6.45, 7) is 0.679. The molecule has 22 heavy (non-hydrogen) atoms. The second kappa shape index (κ2) is 6.65. The molecule has 0 atom stereocenters. The number of carbonyl (C=O) groups excluding carboxylic acids is 1. The number of nitrogens with one attached hydrogen (secondary N) is 1. The Morgan fingerprint density at radius 2 is 2.05 bits per heavy atom. The van der Waals surface area contributed by atoms with E-state index < -0.39 is 0 Å². The van der Waals surface area contributed by atoms with Gasteiger partial charge in [-0.1, -0.05) is 31.0 Å². The highest BCUT2D eigenvalue weighted by Gasteiger charge is 2.25. The molecular formula is C18H21N3O. The van der Waals surface area contributed by atoms with E-state index in [0.717, 1.165) is 31.4 Å². The number of fused-ring (bicyclic) bond motifs is 1. The molecule has 1 saturated carbocycles. The number of nitrogens with zero attached hydrogens (tertiary/aromatic N) is 2. The predicted molar refractivity (Wildman–Crippen MR) is 86.2 cm³/mol. The van der Waals surface area contributed by atoms with E-state index in [-0.39, 0.29) is 11.5 Å². The van der Waals surface area contributed by atoms with Crippen LogP contribution in [-0.4, -0.2) is 18.5 Å². The monoisotopic (exact) mass is 295 g/mol. The Morgan fingerprint density at radius 3 is 2.82 bits per heavy atom. The molecule has 2 aliphatic rings. The van der Waals surface area contributed by atoms with Crippen LogP contribution in [-0.2, 0) is 11.2 Å². The van der Waals surface area contributed by atoms with Crippen molar-refractivity contribution >= 4 is 11.6 Å². The Hall–Kier alpha value is -2.28. The van der Waals surface area contributed by atoms with E-state index in [1.54, 1.807) is 11.1 Å². The molecule has 0 spiro atoms. The van der Waals surface area contributed by atoms with Gasteiger partial charge < -0.3 is 10.2 Å². The SMILES string of the molecule is N#C/C(=C/NC1CCCC1)C(=O)N1CCCc2ccccc21. The summed E-state index contributed by atoms with van der Waals surface area (Å²) in [4.78, 5) is 14.4. The fraction of sp³-hybridized carbons (Fsp3) is 0.444. The van der Waals surface area contributed by atoms with Crippen LogP contribution in [0.3, 0.4) is 0 Å². The second-order valence-electron chi connectivity index (χ2n) is 6.01. The molecule has 0 bridgehead atoms. The summed E-state index contributed by atoms with van der Waals surface area (Å²) < 4.78 is 0. The molecule has 0 saturated heterocycles. The summed E-state index contributed by atoms with van der Waals surface area (Å²) in [5, 5.41) is 12.6. The van der Waals surface area contributed by atoms with Crippen molar-refractivity contribution in [3.05, 3.63) is 41.6 Å². The van der Waals surface area contributed by atoms with E-state index in [1.807, 2.05) is 18.2 Å². The van der Waals surface area contributed by atoms with Crippen LogP contribution < -0.4 is 10.2 Å². The fourth-order valence-corrected chi connectivity index (χ4v) is 3.33. The van der Waals surface area contributed by atoms with E-state index in [2.05, 4.69) is 17.5 Å². The molecule has 0 unspecified atom stereocenters. The zero-order chi connectivity index (χ0) is 15.4. The molecule has 1 aliphatic carbocycles. The van der Waals surface area contributed by atoms with Gasteiger partial charge in [0.05, 0.1) is 0 Å². The molecule has 1 fully saturated rings. The third kappa shape index (κ3) is 2.99. The summed E-state index contributed by atoms with van der Waals surface area (Å²) in [7, 11) is 0. The maximum atomic E-state index is 12.7. The molecular weight excluding hydrogens is 274 g/mol. The first-order chi connectivity index (χ1) is 10.8. The van der Waals surface area contributed by atoms with Crippen molar-refractivity contribution < 1.29 is 4.79 Å². The van der Waals surface area contributed by atoms with Crippen LogP contribution in [0.4, 0.5) is 5.69 Å². The normalized spacial score (nSPS) is 18.7. The first-order valence-electron chi connectivity index (χ1n) is 8.05. The molecule has 3 rings (SSSR count). The number of benzene rings is 1. The van der Waals surface area contributed by atoms with Gasteiger partial charge in [-0.3, -0.25) is 4.79 Å². The van der Waals surface area contributed by atoms with Gasteiger partial charge in [-0.2, -0.15) is 5.26 Å². The Labute approximate surface area is 131 Å². The predicted octanol–water partition coefficient (Wildman–Crippen LogP) is 2.91. The number of amides is 1. The van der Waals surface area contributed by atoms with Gasteiger partial charge in [-0.05, 0) is 37.3 Å². The van der Waals surface area contributed by atoms with E-state index in [4.69, 9.17) is 0 Å². The molecule has 4 nitrogen and oxygen atoms in total. The molecule has 1 N–H and O–H groups in total. The molecule has 1 aromatic rings. The van der Waals surface area contributed by atoms with Crippen molar-refractivity contribution in [2.45, 2.75) is 44.6 Å². The third-order valence-corrected chi connectivity index (χ3v) is 4.52. The second-order valence-corrected chi connectivity index (χ2v) is 6.01. The van der Waals surface area contributed by atoms with E-state index in [9.17, 15) is 10.1 Å². The van der Waals surface area contributed by atoms with Crippen LogP contribution in [0.5, 0.6) is 0 Å². The van der Waals surface area contributed by atoms with Crippen molar-refractivity contribution in [2.75, 3.05) is 11.4 Å². The topological polar surface area (TPSA) is 56.1 Å². The average molecular weight is 295 g/mol. The number of carbonyl (C=O) groups is 1. The highest BCUT2D eigenvalue weighted by Crippen LogP contribution is 2.27. The van der Waals surface area contributed by atoms with Crippen LogP contribution in [0.2, 0.25) is 0 Å². The number of hydrogen-bond donors (Lipinski definition) is 1. The minimum atomic E-state index is -0.194. The van der Waals surface area contributed by atoms with Gasteiger partial charge >= 0.3 is 0 Å². The van der Waals surface area contributed by atoms with Gasteiger partial charge in [0.25, 0.3) is 5.91 Å². The van der Waals surface area contributed by atoms with Crippen LogP contribution in [0.1, 0.15) is 37.7 Å². The van der Waals surface area contributed by atoms with Crippen LogP contribution in [0, 0.1) is 11.3 Å². The number of hydrogen-bond acceptors (Lipinski definition) is 3. The molecule has 1 amide bonds. The van der Waals surface area contributed by atoms with Gasteiger partial charge in [-0.15, -0.1) is 0 Å². The van der Waals surface area contributed by atoms with Crippen LogP contribution >= 0.6 is 0 Å². The van der Waals surface area contributed by atoms with E-state index in [0.29, 0.717) is 12.6 Å². The van der Waals surface area contributed by atoms with Gasteiger partial charge in [0, 0.05) is 24.5 Å². The molecule has 114 valence electrons. The third-order valence-electron chi connectivity index (χ3n) is 4.52. The zero-order valence-corrected chi connectivity index (χ0v) is 12.7. The van der Waals surface area contributed by atoms with Crippen molar-refractivity contribution in [3.63, 3.8) is 0 Å². The lowest BCUT2D eigenvalue weighted by Gasteiger charge is -2.29. The summed E-state index contributed by atoms with van der Waals surface area (Å²) in [6.07, 6.45) is 8.24. The smallest absolute Gasteiger partial charge is 0.270 e. The summed E-state index contributed by atoms with van der Waals surface area (Å²) >= 11 is 0. The van der Waals surface area contributed by atoms with Gasteiger partial charge in [0.2, 0.25) is 0 Å². The Balaban J connectivity index is 1.77. The Morgan fingerprint density at radius 1 is 1.27 bits per heavy atom. The van der Waals surface area contributed by atoms with Crippen molar-refractivity contribution in [2.24, 2.45) is 0 Å². The molecule has 1 aliphatic heterocycles. The summed E-state index contributed by atoms with van der Waals surface area (Å²) in [6, 6.07) is 10.4. The molecule has 0 aromatic heterocycles. The number of rotatable bonds is 3. The lowest BCUT2D eigenvalue weighted by atomic mass is 10.0. The maximum Gasteiger partial charge on any atom is 0.270 e. The minimum Gasteiger partial charge on any atom is -0.387 e. The lowest BCUT2D eigenvalue weighted by molar-refractivity contribution is -0.114. The van der Waals surface area contributed by atoms with E-state index in [1.165, 1.54) is 18.4 Å². The Bertz CT molecular complexity index is 623.